The normalized spacial score (nSPS) is 10.9. The van der Waals surface area contributed by atoms with Crippen molar-refractivity contribution in [2.75, 3.05) is 12.3 Å². The number of aromatic nitrogens is 2. The van der Waals surface area contributed by atoms with E-state index < -0.39 is 0 Å². The first kappa shape index (κ1) is 16.7. The van der Waals surface area contributed by atoms with Crippen LogP contribution in [-0.4, -0.2) is 33.1 Å². The highest BCUT2D eigenvalue weighted by Crippen LogP contribution is 2.19. The van der Waals surface area contributed by atoms with Gasteiger partial charge in [-0.2, -0.15) is 0 Å². The Labute approximate surface area is 147 Å². The van der Waals surface area contributed by atoms with E-state index in [1.54, 1.807) is 11.0 Å². The zero-order valence-electron chi connectivity index (χ0n) is 13.2. The Bertz CT molecular complexity index is 889. The van der Waals surface area contributed by atoms with Crippen molar-refractivity contribution < 1.29 is 4.79 Å². The molecular weight excluding hydrogens is 342 g/mol. The van der Waals surface area contributed by atoms with E-state index in [1.807, 2.05) is 42.6 Å². The van der Waals surface area contributed by atoms with E-state index in [0.29, 0.717) is 28.5 Å². The second kappa shape index (κ2) is 7.63. The molecule has 0 saturated heterocycles. The molecule has 0 spiro atoms. The Morgan fingerprint density at radius 1 is 1.29 bits per heavy atom. The number of carbonyl (C=O) groups is 1. The van der Waals surface area contributed by atoms with E-state index in [9.17, 15) is 9.59 Å². The summed E-state index contributed by atoms with van der Waals surface area (Å²) in [4.78, 5) is 34.0. The summed E-state index contributed by atoms with van der Waals surface area (Å²) in [6, 6.07) is 11.7. The van der Waals surface area contributed by atoms with E-state index in [-0.39, 0.29) is 17.2 Å². The quantitative estimate of drug-likeness (QED) is 0.542. The Kier molecular flexibility index (Phi) is 5.32. The first-order valence-electron chi connectivity index (χ1n) is 7.59. The van der Waals surface area contributed by atoms with E-state index in [0.717, 1.165) is 5.56 Å². The molecule has 0 aliphatic heterocycles. The number of hydrogen-bond acceptors (Lipinski definition) is 5. The van der Waals surface area contributed by atoms with Crippen molar-refractivity contribution in [3.05, 3.63) is 57.7 Å². The molecule has 7 heteroatoms. The number of hydrogen-bond donors (Lipinski definition) is 1. The molecule has 2 heterocycles. The summed E-state index contributed by atoms with van der Waals surface area (Å²) in [5, 5.41) is 2.92. The van der Waals surface area contributed by atoms with Crippen LogP contribution in [-0.2, 0) is 11.3 Å². The van der Waals surface area contributed by atoms with Crippen LogP contribution in [0.4, 0.5) is 0 Å². The molecule has 124 valence electrons. The van der Waals surface area contributed by atoms with E-state index >= 15 is 0 Å². The van der Waals surface area contributed by atoms with Gasteiger partial charge in [0.1, 0.15) is 4.83 Å². The number of H-pyrrole nitrogens is 1. The minimum absolute atomic E-state index is 0.0280. The Morgan fingerprint density at radius 2 is 2.08 bits per heavy atom. The number of carbonyl (C=O) groups excluding carboxylic acids is 1. The Balaban J connectivity index is 1.65. The van der Waals surface area contributed by atoms with Crippen molar-refractivity contribution in [1.29, 1.82) is 0 Å². The van der Waals surface area contributed by atoms with Gasteiger partial charge in [0.2, 0.25) is 5.91 Å². The second-order valence-corrected chi connectivity index (χ2v) is 7.05. The summed E-state index contributed by atoms with van der Waals surface area (Å²) < 4.78 is 0. The Morgan fingerprint density at radius 3 is 2.83 bits per heavy atom. The summed E-state index contributed by atoms with van der Waals surface area (Å²) in [5.74, 6) is 0.279. The van der Waals surface area contributed by atoms with Gasteiger partial charge in [-0.1, -0.05) is 42.1 Å². The number of nitrogens with zero attached hydrogens (tertiary/aromatic N) is 2. The highest BCUT2D eigenvalue weighted by molar-refractivity contribution is 7.99. The van der Waals surface area contributed by atoms with Gasteiger partial charge in [0.25, 0.3) is 5.56 Å². The van der Waals surface area contributed by atoms with E-state index in [1.165, 1.54) is 23.1 Å². The highest BCUT2D eigenvalue weighted by Gasteiger charge is 2.14. The highest BCUT2D eigenvalue weighted by atomic mass is 32.2. The first-order chi connectivity index (χ1) is 11.7. The van der Waals surface area contributed by atoms with Crippen LogP contribution in [0.2, 0.25) is 0 Å². The molecule has 3 aromatic rings. The molecule has 24 heavy (non-hydrogen) atoms. The lowest BCUT2D eigenvalue weighted by molar-refractivity contribution is -0.128. The molecule has 0 atom stereocenters. The van der Waals surface area contributed by atoms with Crippen LogP contribution in [0, 0.1) is 0 Å². The summed E-state index contributed by atoms with van der Waals surface area (Å²) in [5.41, 5.74) is 0.942. The molecule has 0 aliphatic carbocycles. The molecule has 2 aromatic heterocycles. The minimum atomic E-state index is -0.159. The van der Waals surface area contributed by atoms with E-state index in [4.69, 9.17) is 0 Å². The van der Waals surface area contributed by atoms with Crippen LogP contribution in [0.3, 0.4) is 0 Å². The number of rotatable bonds is 6. The fourth-order valence-corrected chi connectivity index (χ4v) is 3.90. The van der Waals surface area contributed by atoms with Gasteiger partial charge in [0, 0.05) is 13.1 Å². The molecule has 0 aliphatic rings. The molecule has 3 rings (SSSR count). The van der Waals surface area contributed by atoms with Crippen molar-refractivity contribution in [2.45, 2.75) is 18.6 Å². The number of thiophene rings is 1. The summed E-state index contributed by atoms with van der Waals surface area (Å²) in [6.07, 6.45) is 0. The Hall–Kier alpha value is -2.12. The third-order valence-electron chi connectivity index (χ3n) is 3.60. The molecule has 1 amide bonds. The third kappa shape index (κ3) is 3.85. The SMILES string of the molecule is CCN(Cc1ccccc1)C(=O)CSc1nc2sccc2c(=O)[nH]1. The van der Waals surface area contributed by atoms with Gasteiger partial charge in [-0.15, -0.1) is 11.3 Å². The molecule has 0 saturated carbocycles. The topological polar surface area (TPSA) is 66.1 Å². The van der Waals surface area contributed by atoms with Crippen LogP contribution in [0.5, 0.6) is 0 Å². The standard InChI is InChI=1S/C17H17N3O2S2/c1-2-20(10-12-6-4-3-5-7-12)14(21)11-24-17-18-15(22)13-8-9-23-16(13)19-17/h3-9H,2,10-11H2,1H3,(H,18,19,22). The smallest absolute Gasteiger partial charge is 0.260 e. The van der Waals surface area contributed by atoms with Crippen molar-refractivity contribution in [3.63, 3.8) is 0 Å². The maximum atomic E-state index is 12.4. The summed E-state index contributed by atoms with van der Waals surface area (Å²) in [6.45, 7) is 3.19. The minimum Gasteiger partial charge on any atom is -0.338 e. The fraction of sp³-hybridized carbons (Fsp3) is 0.235. The van der Waals surface area contributed by atoms with Gasteiger partial charge in [-0.25, -0.2) is 4.98 Å². The molecule has 1 aromatic carbocycles. The molecule has 0 fully saturated rings. The van der Waals surface area contributed by atoms with Gasteiger partial charge in [0.05, 0.1) is 11.1 Å². The van der Waals surface area contributed by atoms with Crippen molar-refractivity contribution in [3.8, 4) is 0 Å². The van der Waals surface area contributed by atoms with Crippen LogP contribution in [0.15, 0.2) is 51.7 Å². The summed E-state index contributed by atoms with van der Waals surface area (Å²) >= 11 is 2.69. The first-order valence-corrected chi connectivity index (χ1v) is 9.46. The van der Waals surface area contributed by atoms with E-state index in [2.05, 4.69) is 9.97 Å². The zero-order chi connectivity index (χ0) is 16.9. The van der Waals surface area contributed by atoms with Crippen molar-refractivity contribution in [1.82, 2.24) is 14.9 Å². The number of nitrogens with one attached hydrogen (secondary N) is 1. The second-order valence-electron chi connectivity index (χ2n) is 5.19. The predicted octanol–water partition coefficient (Wildman–Crippen LogP) is 3.13. The molecule has 0 bridgehead atoms. The van der Waals surface area contributed by atoms with Gasteiger partial charge in [-0.05, 0) is 23.9 Å². The molecule has 0 radical (unpaired) electrons. The van der Waals surface area contributed by atoms with Crippen LogP contribution < -0.4 is 5.56 Å². The van der Waals surface area contributed by atoms with Crippen LogP contribution in [0.25, 0.3) is 10.2 Å². The number of thioether (sulfide) groups is 1. The lowest BCUT2D eigenvalue weighted by atomic mass is 10.2. The number of fused-ring (bicyclic) bond motifs is 1. The molecule has 1 N–H and O–H groups in total. The molecular formula is C17H17N3O2S2. The maximum Gasteiger partial charge on any atom is 0.260 e. The fourth-order valence-electron chi connectivity index (χ4n) is 2.32. The molecule has 5 nitrogen and oxygen atoms in total. The third-order valence-corrected chi connectivity index (χ3v) is 5.26. The number of amides is 1. The molecule has 0 unspecified atom stereocenters. The average molecular weight is 359 g/mol. The van der Waals surface area contributed by atoms with Gasteiger partial charge in [-0.3, -0.25) is 9.59 Å². The average Bonchev–Trinajstić information content (AvgIpc) is 3.07. The van der Waals surface area contributed by atoms with Crippen LogP contribution >= 0.6 is 23.1 Å². The predicted molar refractivity (Wildman–Crippen MR) is 98.5 cm³/mol. The maximum absolute atomic E-state index is 12.4. The van der Waals surface area contributed by atoms with Gasteiger partial charge in [0.15, 0.2) is 5.16 Å². The number of benzene rings is 1. The van der Waals surface area contributed by atoms with Crippen molar-refractivity contribution in [2.24, 2.45) is 0 Å². The largest absolute Gasteiger partial charge is 0.338 e. The van der Waals surface area contributed by atoms with Crippen LogP contribution in [0.1, 0.15) is 12.5 Å². The lowest BCUT2D eigenvalue weighted by Gasteiger charge is -2.20. The van der Waals surface area contributed by atoms with Gasteiger partial charge < -0.3 is 9.88 Å². The monoisotopic (exact) mass is 359 g/mol. The van der Waals surface area contributed by atoms with Crippen molar-refractivity contribution >= 4 is 39.2 Å². The van der Waals surface area contributed by atoms with Gasteiger partial charge >= 0.3 is 0 Å². The summed E-state index contributed by atoms with van der Waals surface area (Å²) in [7, 11) is 0. The lowest BCUT2D eigenvalue weighted by Crippen LogP contribution is -2.31. The number of aromatic amines is 1. The zero-order valence-corrected chi connectivity index (χ0v) is 14.8.